The summed E-state index contributed by atoms with van der Waals surface area (Å²) in [5.41, 5.74) is 3.44. The van der Waals surface area contributed by atoms with Crippen LogP contribution in [0.5, 0.6) is 17.2 Å². The lowest BCUT2D eigenvalue weighted by Crippen LogP contribution is -2.18. The third kappa shape index (κ3) is 2.59. The number of rotatable bonds is 4. The maximum atomic E-state index is 10.5. The van der Waals surface area contributed by atoms with Crippen LogP contribution in [0, 0.1) is 6.92 Å². The molecule has 0 atom stereocenters. The minimum Gasteiger partial charge on any atom is -0.504 e. The smallest absolute Gasteiger partial charge is 0.200 e. The Labute approximate surface area is 152 Å². The summed E-state index contributed by atoms with van der Waals surface area (Å²) >= 11 is 0. The second-order valence-electron chi connectivity index (χ2n) is 7.29. The average Bonchev–Trinajstić information content (AvgIpc) is 2.93. The molecule has 1 saturated carbocycles. The van der Waals surface area contributed by atoms with E-state index in [1.165, 1.54) is 6.42 Å². The highest BCUT2D eigenvalue weighted by molar-refractivity contribution is 5.83. The largest absolute Gasteiger partial charge is 0.504 e. The lowest BCUT2D eigenvalue weighted by Gasteiger charge is -2.29. The Hall–Kier alpha value is -2.69. The van der Waals surface area contributed by atoms with Crippen LogP contribution in [0.15, 0.2) is 30.3 Å². The lowest BCUT2D eigenvalue weighted by atomic mass is 9.92. The van der Waals surface area contributed by atoms with Gasteiger partial charge in [-0.25, -0.2) is 4.98 Å². The van der Waals surface area contributed by atoms with Gasteiger partial charge in [0.2, 0.25) is 5.75 Å². The molecule has 0 unspecified atom stereocenters. The van der Waals surface area contributed by atoms with Crippen molar-refractivity contribution in [3.05, 3.63) is 35.9 Å². The first-order valence-corrected chi connectivity index (χ1v) is 9.17. The first kappa shape index (κ1) is 16.8. The molecular formula is C21H24N2O3. The first-order chi connectivity index (χ1) is 12.5. The molecular weight excluding hydrogens is 328 g/mol. The van der Waals surface area contributed by atoms with Gasteiger partial charge in [0.15, 0.2) is 11.5 Å². The van der Waals surface area contributed by atoms with Gasteiger partial charge in [-0.1, -0.05) is 12.1 Å². The van der Waals surface area contributed by atoms with Gasteiger partial charge in [0, 0.05) is 17.2 Å². The predicted molar refractivity (Wildman–Crippen MR) is 102 cm³/mol. The molecule has 5 nitrogen and oxygen atoms in total. The van der Waals surface area contributed by atoms with Crippen LogP contribution in [-0.4, -0.2) is 25.9 Å². The van der Waals surface area contributed by atoms with E-state index in [1.54, 1.807) is 13.0 Å². The number of benzene rings is 2. The summed E-state index contributed by atoms with van der Waals surface area (Å²) in [7, 11) is 0. The minimum absolute atomic E-state index is 0.110. The Bertz CT molecular complexity index is 971. The van der Waals surface area contributed by atoms with Crippen LogP contribution in [-0.2, 0) is 0 Å². The first-order valence-electron chi connectivity index (χ1n) is 9.17. The summed E-state index contributed by atoms with van der Waals surface area (Å²) in [5.74, 6) is 0.735. The van der Waals surface area contributed by atoms with Gasteiger partial charge in [0.05, 0.1) is 17.1 Å². The van der Waals surface area contributed by atoms with E-state index >= 15 is 0 Å². The molecule has 0 saturated heterocycles. The molecule has 4 rings (SSSR count). The second kappa shape index (κ2) is 6.24. The van der Waals surface area contributed by atoms with Crippen molar-refractivity contribution in [1.82, 2.24) is 9.55 Å². The third-order valence-corrected chi connectivity index (χ3v) is 5.13. The zero-order valence-electron chi connectivity index (χ0n) is 15.4. The van der Waals surface area contributed by atoms with Crippen molar-refractivity contribution in [2.24, 2.45) is 0 Å². The van der Waals surface area contributed by atoms with E-state index in [-0.39, 0.29) is 23.4 Å². The Balaban J connectivity index is 1.96. The molecule has 1 heterocycles. The number of nitrogens with zero attached hydrogens (tertiary/aromatic N) is 2. The topological polar surface area (TPSA) is 67.5 Å². The van der Waals surface area contributed by atoms with Crippen LogP contribution in [0.4, 0.5) is 0 Å². The molecule has 1 aromatic heterocycles. The third-order valence-electron chi connectivity index (χ3n) is 5.13. The number of aromatic nitrogens is 2. The molecule has 26 heavy (non-hydrogen) atoms. The van der Waals surface area contributed by atoms with Crippen molar-refractivity contribution in [2.45, 2.75) is 52.2 Å². The highest BCUT2D eigenvalue weighted by atomic mass is 16.5. The molecule has 5 heteroatoms. The molecule has 3 aromatic rings. The molecule has 0 spiro atoms. The molecule has 0 bridgehead atoms. The van der Waals surface area contributed by atoms with Crippen molar-refractivity contribution < 1.29 is 14.9 Å². The van der Waals surface area contributed by atoms with Gasteiger partial charge in [0.1, 0.15) is 5.82 Å². The quantitative estimate of drug-likeness (QED) is 0.653. The SMILES string of the molecule is Cc1c(-c2nc3ccccc3n2C2CCC2)cc(OC(C)C)c(O)c1O. The van der Waals surface area contributed by atoms with E-state index in [0.717, 1.165) is 35.3 Å². The number of aromatic hydroxyl groups is 2. The van der Waals surface area contributed by atoms with Crippen molar-refractivity contribution in [3.8, 4) is 28.6 Å². The van der Waals surface area contributed by atoms with E-state index in [4.69, 9.17) is 9.72 Å². The minimum atomic E-state index is -0.216. The molecule has 2 aromatic carbocycles. The van der Waals surface area contributed by atoms with E-state index in [9.17, 15) is 10.2 Å². The van der Waals surface area contributed by atoms with Gasteiger partial charge in [0.25, 0.3) is 0 Å². The number of ether oxygens (including phenoxy) is 1. The molecule has 0 amide bonds. The van der Waals surface area contributed by atoms with Crippen molar-refractivity contribution in [1.29, 1.82) is 0 Å². The van der Waals surface area contributed by atoms with Crippen LogP contribution in [0.25, 0.3) is 22.4 Å². The van der Waals surface area contributed by atoms with Crippen molar-refractivity contribution >= 4 is 11.0 Å². The molecule has 2 N–H and O–H groups in total. The molecule has 136 valence electrons. The van der Waals surface area contributed by atoms with E-state index < -0.39 is 0 Å². The molecule has 0 aliphatic heterocycles. The summed E-state index contributed by atoms with van der Waals surface area (Å²) in [6.45, 7) is 5.58. The monoisotopic (exact) mass is 352 g/mol. The van der Waals surface area contributed by atoms with Crippen LogP contribution in [0.3, 0.4) is 0 Å². The molecule has 1 fully saturated rings. The fraction of sp³-hybridized carbons (Fsp3) is 0.381. The van der Waals surface area contributed by atoms with Crippen molar-refractivity contribution in [2.75, 3.05) is 0 Å². The average molecular weight is 352 g/mol. The summed E-state index contributed by atoms with van der Waals surface area (Å²) in [5, 5.41) is 20.7. The number of imidazole rings is 1. The van der Waals surface area contributed by atoms with E-state index in [0.29, 0.717) is 11.6 Å². The number of para-hydroxylation sites is 2. The normalized spacial score (nSPS) is 14.8. The standard InChI is InChI=1S/C21H24N2O3/c1-12(2)26-18-11-15(13(3)19(24)20(18)25)21-22-16-9-4-5-10-17(16)23(21)14-7-6-8-14/h4-5,9-12,14,24-25H,6-8H2,1-3H3. The summed E-state index contributed by atoms with van der Waals surface area (Å²) in [4.78, 5) is 4.85. The van der Waals surface area contributed by atoms with Crippen LogP contribution >= 0.6 is 0 Å². The van der Waals surface area contributed by atoms with Gasteiger partial charge in [-0.05, 0) is 58.2 Å². The molecule has 1 aliphatic rings. The number of fused-ring (bicyclic) bond motifs is 1. The molecule has 0 radical (unpaired) electrons. The van der Waals surface area contributed by atoms with Crippen LogP contribution < -0.4 is 4.74 Å². The predicted octanol–water partition coefficient (Wildman–Crippen LogP) is 4.94. The summed E-state index contributed by atoms with van der Waals surface area (Å²) in [6, 6.07) is 10.3. The number of hydrogen-bond acceptors (Lipinski definition) is 4. The number of hydrogen-bond donors (Lipinski definition) is 2. The Morgan fingerprint density at radius 2 is 1.88 bits per heavy atom. The summed E-state index contributed by atoms with van der Waals surface area (Å²) < 4.78 is 7.99. The van der Waals surface area contributed by atoms with E-state index in [2.05, 4.69) is 10.6 Å². The van der Waals surface area contributed by atoms with Gasteiger partial charge < -0.3 is 19.5 Å². The highest BCUT2D eigenvalue weighted by Crippen LogP contribution is 2.46. The zero-order chi connectivity index (χ0) is 18.4. The fourth-order valence-corrected chi connectivity index (χ4v) is 3.55. The Morgan fingerprint density at radius 1 is 1.15 bits per heavy atom. The fourth-order valence-electron chi connectivity index (χ4n) is 3.55. The van der Waals surface area contributed by atoms with Crippen molar-refractivity contribution in [3.63, 3.8) is 0 Å². The zero-order valence-corrected chi connectivity index (χ0v) is 15.4. The number of phenols is 2. The van der Waals surface area contributed by atoms with Gasteiger partial charge in [-0.15, -0.1) is 0 Å². The Morgan fingerprint density at radius 3 is 2.54 bits per heavy atom. The van der Waals surface area contributed by atoms with Crippen LogP contribution in [0.1, 0.15) is 44.7 Å². The molecule has 1 aliphatic carbocycles. The maximum Gasteiger partial charge on any atom is 0.200 e. The summed E-state index contributed by atoms with van der Waals surface area (Å²) in [6.07, 6.45) is 3.37. The maximum absolute atomic E-state index is 10.5. The Kier molecular flexibility index (Phi) is 4.02. The lowest BCUT2D eigenvalue weighted by molar-refractivity contribution is 0.229. The van der Waals surface area contributed by atoms with Crippen LogP contribution in [0.2, 0.25) is 0 Å². The number of phenolic OH excluding ortho intramolecular Hbond substituents is 2. The van der Waals surface area contributed by atoms with Gasteiger partial charge >= 0.3 is 0 Å². The van der Waals surface area contributed by atoms with E-state index in [1.807, 2.05) is 32.0 Å². The highest BCUT2D eigenvalue weighted by Gasteiger charge is 2.27. The van der Waals surface area contributed by atoms with Gasteiger partial charge in [-0.3, -0.25) is 0 Å². The van der Waals surface area contributed by atoms with Gasteiger partial charge in [-0.2, -0.15) is 0 Å². The second-order valence-corrected chi connectivity index (χ2v) is 7.29.